The maximum atomic E-state index is 6.04. The molecule has 1 aromatic carbocycles. The second-order valence-corrected chi connectivity index (χ2v) is 6.35. The van der Waals surface area contributed by atoms with Gasteiger partial charge in [-0.05, 0) is 64.8 Å². The molecule has 18 heavy (non-hydrogen) atoms. The zero-order valence-corrected chi connectivity index (χ0v) is 12.8. The molecule has 0 aromatic heterocycles. The Morgan fingerprint density at radius 3 is 2.06 bits per heavy atom. The van der Waals surface area contributed by atoms with Crippen molar-refractivity contribution >= 4 is 0 Å². The number of aryl methyl sites for hydroxylation is 3. The van der Waals surface area contributed by atoms with Crippen LogP contribution >= 0.6 is 0 Å². The predicted molar refractivity (Wildman–Crippen MR) is 80.1 cm³/mol. The van der Waals surface area contributed by atoms with Gasteiger partial charge in [-0.25, -0.2) is 0 Å². The lowest BCUT2D eigenvalue weighted by atomic mass is 9.97. The lowest BCUT2D eigenvalue weighted by Crippen LogP contribution is -2.44. The Morgan fingerprint density at radius 2 is 1.61 bits per heavy atom. The summed E-state index contributed by atoms with van der Waals surface area (Å²) < 4.78 is 0. The first-order chi connectivity index (χ1) is 8.19. The van der Waals surface area contributed by atoms with E-state index >= 15 is 0 Å². The molecule has 0 saturated heterocycles. The highest BCUT2D eigenvalue weighted by Gasteiger charge is 2.14. The zero-order valence-electron chi connectivity index (χ0n) is 12.8. The van der Waals surface area contributed by atoms with Crippen molar-refractivity contribution in [1.29, 1.82) is 0 Å². The van der Waals surface area contributed by atoms with Gasteiger partial charge in [0.15, 0.2) is 0 Å². The Hall–Kier alpha value is -0.860. The first kappa shape index (κ1) is 15.2. The van der Waals surface area contributed by atoms with Gasteiger partial charge in [0.05, 0.1) is 0 Å². The fourth-order valence-corrected chi connectivity index (χ4v) is 2.68. The van der Waals surface area contributed by atoms with Crippen LogP contribution in [0.2, 0.25) is 0 Å². The molecule has 0 aliphatic carbocycles. The number of nitrogens with zero attached hydrogens (tertiary/aromatic N) is 1. The first-order valence-electron chi connectivity index (χ1n) is 6.73. The van der Waals surface area contributed by atoms with Crippen LogP contribution in [0.1, 0.15) is 36.1 Å². The Balaban J connectivity index is 2.64. The van der Waals surface area contributed by atoms with Gasteiger partial charge < -0.3 is 10.6 Å². The number of hydrogen-bond acceptors (Lipinski definition) is 2. The van der Waals surface area contributed by atoms with Crippen molar-refractivity contribution in [2.24, 2.45) is 5.73 Å². The van der Waals surface area contributed by atoms with Gasteiger partial charge in [0.2, 0.25) is 0 Å². The molecule has 1 rings (SSSR count). The van der Waals surface area contributed by atoms with E-state index in [4.69, 9.17) is 5.73 Å². The fourth-order valence-electron chi connectivity index (χ4n) is 2.68. The second kappa shape index (κ2) is 5.85. The third-order valence-electron chi connectivity index (χ3n) is 3.26. The molecule has 2 heteroatoms. The van der Waals surface area contributed by atoms with Gasteiger partial charge in [-0.1, -0.05) is 17.7 Å². The van der Waals surface area contributed by atoms with Gasteiger partial charge >= 0.3 is 0 Å². The summed E-state index contributed by atoms with van der Waals surface area (Å²) in [5.41, 5.74) is 11.6. The first-order valence-corrected chi connectivity index (χ1v) is 6.73. The van der Waals surface area contributed by atoms with E-state index in [0.717, 1.165) is 19.5 Å². The zero-order chi connectivity index (χ0) is 13.9. The maximum absolute atomic E-state index is 6.04. The molecular weight excluding hydrogens is 220 g/mol. The molecule has 0 heterocycles. The molecule has 102 valence electrons. The average Bonchev–Trinajstić information content (AvgIpc) is 2.12. The van der Waals surface area contributed by atoms with E-state index < -0.39 is 0 Å². The van der Waals surface area contributed by atoms with Crippen molar-refractivity contribution in [3.63, 3.8) is 0 Å². The number of likely N-dealkylation sites (N-methyl/N-ethyl adjacent to an activating group) is 1. The minimum absolute atomic E-state index is 0.119. The standard InChI is InChI=1S/C16H28N2/c1-12-9-13(2)15(14(3)10-12)7-8-18(6)11-16(4,5)17/h9-10H,7-8,11,17H2,1-6H3. The fraction of sp³-hybridized carbons (Fsp3) is 0.625. The molecule has 0 amide bonds. The van der Waals surface area contributed by atoms with Crippen LogP contribution in [-0.4, -0.2) is 30.6 Å². The van der Waals surface area contributed by atoms with Gasteiger partial charge in [0.25, 0.3) is 0 Å². The van der Waals surface area contributed by atoms with Crippen LogP contribution in [0.3, 0.4) is 0 Å². The molecule has 0 spiro atoms. The molecule has 1 aromatic rings. The van der Waals surface area contributed by atoms with E-state index in [1.54, 1.807) is 0 Å². The minimum Gasteiger partial charge on any atom is -0.324 e. The molecule has 0 fully saturated rings. The molecule has 2 nitrogen and oxygen atoms in total. The van der Waals surface area contributed by atoms with Gasteiger partial charge in [0, 0.05) is 18.6 Å². The second-order valence-electron chi connectivity index (χ2n) is 6.35. The average molecular weight is 248 g/mol. The van der Waals surface area contributed by atoms with E-state index in [1.165, 1.54) is 22.3 Å². The van der Waals surface area contributed by atoms with Gasteiger partial charge in [-0.15, -0.1) is 0 Å². The molecule has 0 aliphatic rings. The van der Waals surface area contributed by atoms with E-state index in [0.29, 0.717) is 0 Å². The van der Waals surface area contributed by atoms with Gasteiger partial charge in [-0.2, -0.15) is 0 Å². The Bertz CT molecular complexity index is 379. The highest BCUT2D eigenvalue weighted by molar-refractivity contribution is 5.37. The smallest absolute Gasteiger partial charge is 0.0225 e. The molecule has 0 atom stereocenters. The van der Waals surface area contributed by atoms with Crippen molar-refractivity contribution in [2.75, 3.05) is 20.1 Å². The molecule has 0 saturated carbocycles. The largest absolute Gasteiger partial charge is 0.324 e. The summed E-state index contributed by atoms with van der Waals surface area (Å²) in [6, 6.07) is 4.55. The normalized spacial score (nSPS) is 12.2. The number of benzene rings is 1. The van der Waals surface area contributed by atoms with Crippen LogP contribution in [0.4, 0.5) is 0 Å². The predicted octanol–water partition coefficient (Wildman–Crippen LogP) is 2.82. The molecule has 0 bridgehead atoms. The summed E-state index contributed by atoms with van der Waals surface area (Å²) in [5, 5.41) is 0. The van der Waals surface area contributed by atoms with Crippen molar-refractivity contribution < 1.29 is 0 Å². The topological polar surface area (TPSA) is 29.3 Å². The monoisotopic (exact) mass is 248 g/mol. The van der Waals surface area contributed by atoms with Crippen LogP contribution in [-0.2, 0) is 6.42 Å². The molecule has 0 unspecified atom stereocenters. The summed E-state index contributed by atoms with van der Waals surface area (Å²) >= 11 is 0. The minimum atomic E-state index is -0.119. The summed E-state index contributed by atoms with van der Waals surface area (Å²) in [7, 11) is 2.15. The van der Waals surface area contributed by atoms with Crippen LogP contribution in [0, 0.1) is 20.8 Å². The lowest BCUT2D eigenvalue weighted by molar-refractivity contribution is 0.272. The van der Waals surface area contributed by atoms with Gasteiger partial charge in [0.1, 0.15) is 0 Å². The van der Waals surface area contributed by atoms with E-state index in [-0.39, 0.29) is 5.54 Å². The summed E-state index contributed by atoms with van der Waals surface area (Å²) in [6.45, 7) is 12.7. The third kappa shape index (κ3) is 4.79. The van der Waals surface area contributed by atoms with E-state index in [9.17, 15) is 0 Å². The van der Waals surface area contributed by atoms with Crippen LogP contribution < -0.4 is 5.73 Å². The third-order valence-corrected chi connectivity index (χ3v) is 3.26. The van der Waals surface area contributed by atoms with Crippen LogP contribution in [0.5, 0.6) is 0 Å². The van der Waals surface area contributed by atoms with Crippen molar-refractivity contribution in [3.8, 4) is 0 Å². The lowest BCUT2D eigenvalue weighted by Gasteiger charge is -2.26. The SMILES string of the molecule is Cc1cc(C)c(CCN(C)CC(C)(C)N)c(C)c1. The summed E-state index contributed by atoms with van der Waals surface area (Å²) in [4.78, 5) is 2.32. The molecule has 0 radical (unpaired) electrons. The van der Waals surface area contributed by atoms with Crippen LogP contribution in [0.15, 0.2) is 12.1 Å². The Morgan fingerprint density at radius 1 is 1.11 bits per heavy atom. The van der Waals surface area contributed by atoms with Crippen molar-refractivity contribution in [3.05, 3.63) is 34.4 Å². The summed E-state index contributed by atoms with van der Waals surface area (Å²) in [5.74, 6) is 0. The highest BCUT2D eigenvalue weighted by Crippen LogP contribution is 2.17. The molecule has 2 N–H and O–H groups in total. The maximum Gasteiger partial charge on any atom is 0.0225 e. The molecule has 0 aliphatic heterocycles. The van der Waals surface area contributed by atoms with E-state index in [2.05, 4.69) is 58.7 Å². The number of rotatable bonds is 5. The Kier molecular flexibility index (Phi) is 4.94. The Labute approximate surface area is 112 Å². The van der Waals surface area contributed by atoms with Crippen molar-refractivity contribution in [2.45, 2.75) is 46.6 Å². The van der Waals surface area contributed by atoms with Crippen molar-refractivity contribution in [1.82, 2.24) is 4.90 Å². The highest BCUT2D eigenvalue weighted by atomic mass is 15.1. The number of hydrogen-bond donors (Lipinski definition) is 1. The summed E-state index contributed by atoms with van der Waals surface area (Å²) in [6.07, 6.45) is 1.10. The van der Waals surface area contributed by atoms with Crippen LogP contribution in [0.25, 0.3) is 0 Å². The number of nitrogens with two attached hydrogens (primary N) is 1. The quantitative estimate of drug-likeness (QED) is 0.868. The molecular formula is C16H28N2. The van der Waals surface area contributed by atoms with E-state index in [1.807, 2.05) is 0 Å². The van der Waals surface area contributed by atoms with Gasteiger partial charge in [-0.3, -0.25) is 0 Å².